The van der Waals surface area contributed by atoms with Crippen molar-refractivity contribution in [2.24, 2.45) is 0 Å². The monoisotopic (exact) mass is 239 g/mol. The number of carbonyl (C=O) groups is 1. The first-order valence-corrected chi connectivity index (χ1v) is 5.23. The van der Waals surface area contributed by atoms with Gasteiger partial charge in [0, 0.05) is 22.5 Å². The lowest BCUT2D eigenvalue weighted by Crippen LogP contribution is -2.02. The summed E-state index contributed by atoms with van der Waals surface area (Å²) in [5, 5.41) is 12.3. The van der Waals surface area contributed by atoms with Crippen LogP contribution >= 0.6 is 11.6 Å². The van der Waals surface area contributed by atoms with E-state index in [9.17, 15) is 4.79 Å². The average molecular weight is 240 g/mol. The largest absolute Gasteiger partial charge is 0.478 e. The summed E-state index contributed by atoms with van der Waals surface area (Å²) < 4.78 is 0. The van der Waals surface area contributed by atoms with Crippen LogP contribution in [0.3, 0.4) is 0 Å². The average Bonchev–Trinajstić information content (AvgIpc) is 2.09. The van der Waals surface area contributed by atoms with Crippen molar-refractivity contribution in [1.82, 2.24) is 0 Å². The highest BCUT2D eigenvalue weighted by molar-refractivity contribution is 6.30. The number of anilines is 1. The van der Waals surface area contributed by atoms with Gasteiger partial charge >= 0.3 is 5.97 Å². The Morgan fingerprint density at radius 1 is 1.38 bits per heavy atom. The van der Waals surface area contributed by atoms with E-state index in [4.69, 9.17) is 16.7 Å². The second kappa shape index (κ2) is 5.03. The molecule has 0 aromatic heterocycles. The normalized spacial score (nSPS) is 11.4. The number of allylic oxidation sites excluding steroid dienone is 1. The van der Waals surface area contributed by atoms with Crippen molar-refractivity contribution in [2.45, 2.75) is 20.8 Å². The van der Waals surface area contributed by atoms with Crippen molar-refractivity contribution < 1.29 is 9.90 Å². The van der Waals surface area contributed by atoms with E-state index in [1.807, 2.05) is 26.0 Å². The molecule has 2 N–H and O–H groups in total. The van der Waals surface area contributed by atoms with Crippen LogP contribution < -0.4 is 5.32 Å². The molecule has 1 rings (SSSR count). The first-order chi connectivity index (χ1) is 7.40. The van der Waals surface area contributed by atoms with E-state index < -0.39 is 5.97 Å². The van der Waals surface area contributed by atoms with Gasteiger partial charge in [0.1, 0.15) is 0 Å². The van der Waals surface area contributed by atoms with Gasteiger partial charge in [-0.3, -0.25) is 0 Å². The molecule has 1 aromatic carbocycles. The molecule has 0 radical (unpaired) electrons. The van der Waals surface area contributed by atoms with Gasteiger partial charge in [-0.1, -0.05) is 11.6 Å². The number of hydrogen-bond donors (Lipinski definition) is 2. The quantitative estimate of drug-likeness (QED) is 0.796. The number of nitrogens with one attached hydrogen (secondary N) is 1. The molecule has 0 atom stereocenters. The Kier molecular flexibility index (Phi) is 3.96. The molecular weight excluding hydrogens is 226 g/mol. The van der Waals surface area contributed by atoms with Gasteiger partial charge in [0.2, 0.25) is 0 Å². The Morgan fingerprint density at radius 3 is 2.31 bits per heavy atom. The third-order valence-electron chi connectivity index (χ3n) is 2.16. The topological polar surface area (TPSA) is 49.3 Å². The van der Waals surface area contributed by atoms with E-state index in [-0.39, 0.29) is 0 Å². The van der Waals surface area contributed by atoms with Crippen LogP contribution in [-0.4, -0.2) is 11.1 Å². The van der Waals surface area contributed by atoms with Crippen molar-refractivity contribution in [2.75, 3.05) is 5.32 Å². The number of hydrogen-bond acceptors (Lipinski definition) is 2. The Hall–Kier alpha value is -1.48. The molecule has 0 heterocycles. The van der Waals surface area contributed by atoms with Crippen LogP contribution in [0.1, 0.15) is 18.1 Å². The van der Waals surface area contributed by atoms with Gasteiger partial charge in [0.05, 0.1) is 0 Å². The lowest BCUT2D eigenvalue weighted by atomic mass is 10.1. The SMILES string of the molecule is C/C(=C/C(=O)O)Nc1c(C)cc(Cl)cc1C. The number of aryl methyl sites for hydroxylation is 2. The van der Waals surface area contributed by atoms with E-state index in [0.717, 1.165) is 22.9 Å². The molecule has 0 bridgehead atoms. The van der Waals surface area contributed by atoms with Crippen LogP contribution in [0.2, 0.25) is 5.02 Å². The van der Waals surface area contributed by atoms with Gasteiger partial charge in [0.25, 0.3) is 0 Å². The fraction of sp³-hybridized carbons (Fsp3) is 0.250. The lowest BCUT2D eigenvalue weighted by Gasteiger charge is -2.13. The van der Waals surface area contributed by atoms with Crippen LogP contribution in [0.15, 0.2) is 23.9 Å². The van der Waals surface area contributed by atoms with Gasteiger partial charge in [0.15, 0.2) is 0 Å². The van der Waals surface area contributed by atoms with Crippen LogP contribution in [0.5, 0.6) is 0 Å². The molecular formula is C12H14ClNO2. The molecule has 0 saturated heterocycles. The number of rotatable bonds is 3. The predicted octanol–water partition coefficient (Wildman–Crippen LogP) is 3.36. The highest BCUT2D eigenvalue weighted by atomic mass is 35.5. The number of carboxylic acid groups (broad SMARTS) is 1. The molecule has 86 valence electrons. The zero-order valence-corrected chi connectivity index (χ0v) is 10.2. The van der Waals surface area contributed by atoms with Gasteiger partial charge in [-0.25, -0.2) is 4.79 Å². The Bertz CT molecular complexity index is 429. The minimum atomic E-state index is -0.964. The summed E-state index contributed by atoms with van der Waals surface area (Å²) in [5.41, 5.74) is 3.46. The molecule has 0 aliphatic carbocycles. The molecule has 0 unspecified atom stereocenters. The predicted molar refractivity (Wildman–Crippen MR) is 65.9 cm³/mol. The highest BCUT2D eigenvalue weighted by Crippen LogP contribution is 2.25. The van der Waals surface area contributed by atoms with Crippen LogP contribution in [-0.2, 0) is 4.79 Å². The molecule has 0 saturated carbocycles. The molecule has 0 spiro atoms. The van der Waals surface area contributed by atoms with E-state index in [2.05, 4.69) is 5.32 Å². The maximum atomic E-state index is 10.5. The molecule has 0 aliphatic rings. The second-order valence-electron chi connectivity index (χ2n) is 3.71. The van der Waals surface area contributed by atoms with E-state index in [1.54, 1.807) is 6.92 Å². The second-order valence-corrected chi connectivity index (χ2v) is 4.14. The zero-order valence-electron chi connectivity index (χ0n) is 9.47. The highest BCUT2D eigenvalue weighted by Gasteiger charge is 2.05. The smallest absolute Gasteiger partial charge is 0.330 e. The van der Waals surface area contributed by atoms with Gasteiger partial charge in [-0.2, -0.15) is 0 Å². The summed E-state index contributed by atoms with van der Waals surface area (Å²) in [6, 6.07) is 3.68. The molecule has 16 heavy (non-hydrogen) atoms. The van der Waals surface area contributed by atoms with E-state index >= 15 is 0 Å². The molecule has 3 nitrogen and oxygen atoms in total. The summed E-state index contributed by atoms with van der Waals surface area (Å²) in [7, 11) is 0. The Labute approximate surface area is 99.7 Å². The van der Waals surface area contributed by atoms with Crippen molar-refractivity contribution in [3.8, 4) is 0 Å². The van der Waals surface area contributed by atoms with Crippen LogP contribution in [0, 0.1) is 13.8 Å². The minimum Gasteiger partial charge on any atom is -0.478 e. The Balaban J connectivity index is 3.02. The first-order valence-electron chi connectivity index (χ1n) is 4.85. The molecule has 0 amide bonds. The molecule has 0 fully saturated rings. The van der Waals surface area contributed by atoms with Gasteiger partial charge in [-0.05, 0) is 44.0 Å². The van der Waals surface area contributed by atoms with Gasteiger partial charge in [-0.15, -0.1) is 0 Å². The number of benzene rings is 1. The zero-order chi connectivity index (χ0) is 12.3. The van der Waals surface area contributed by atoms with Crippen molar-refractivity contribution >= 4 is 23.3 Å². The third kappa shape index (κ3) is 3.28. The summed E-state index contributed by atoms with van der Waals surface area (Å²) in [6.45, 7) is 5.56. The van der Waals surface area contributed by atoms with Crippen molar-refractivity contribution in [1.29, 1.82) is 0 Å². The summed E-state index contributed by atoms with van der Waals surface area (Å²) in [4.78, 5) is 10.5. The third-order valence-corrected chi connectivity index (χ3v) is 2.38. The van der Waals surface area contributed by atoms with E-state index in [0.29, 0.717) is 10.7 Å². The summed E-state index contributed by atoms with van der Waals surface area (Å²) >= 11 is 5.91. The number of halogens is 1. The lowest BCUT2D eigenvalue weighted by molar-refractivity contribution is -0.131. The molecule has 4 heteroatoms. The Morgan fingerprint density at radius 2 is 1.88 bits per heavy atom. The first kappa shape index (κ1) is 12.6. The van der Waals surface area contributed by atoms with Crippen molar-refractivity contribution in [3.63, 3.8) is 0 Å². The number of carboxylic acids is 1. The fourth-order valence-electron chi connectivity index (χ4n) is 1.53. The maximum absolute atomic E-state index is 10.5. The van der Waals surface area contributed by atoms with Crippen LogP contribution in [0.25, 0.3) is 0 Å². The standard InChI is InChI=1S/C12H14ClNO2/c1-7-4-10(13)5-8(2)12(7)14-9(3)6-11(15)16/h4-6,14H,1-3H3,(H,15,16)/b9-6-. The maximum Gasteiger partial charge on any atom is 0.330 e. The summed E-state index contributed by atoms with van der Waals surface area (Å²) in [6.07, 6.45) is 1.13. The fourth-order valence-corrected chi connectivity index (χ4v) is 1.85. The van der Waals surface area contributed by atoms with Crippen molar-refractivity contribution in [3.05, 3.63) is 40.1 Å². The molecule has 1 aromatic rings. The van der Waals surface area contributed by atoms with E-state index in [1.165, 1.54) is 0 Å². The van der Waals surface area contributed by atoms with Gasteiger partial charge < -0.3 is 10.4 Å². The summed E-state index contributed by atoms with van der Waals surface area (Å²) in [5.74, 6) is -0.964. The number of aliphatic carboxylic acids is 1. The minimum absolute atomic E-state index is 0.584. The van der Waals surface area contributed by atoms with Crippen LogP contribution in [0.4, 0.5) is 5.69 Å². The molecule has 0 aliphatic heterocycles.